The molecule has 3 nitrogen and oxygen atoms in total. The molecule has 0 saturated carbocycles. The molecule has 0 aromatic carbocycles. The molecule has 1 aliphatic rings. The van der Waals surface area contributed by atoms with E-state index in [0.717, 1.165) is 0 Å². The molecule has 3 atom stereocenters. The average Bonchev–Trinajstić information content (AvgIpc) is 2.39. The number of rotatable bonds is 2. The predicted molar refractivity (Wildman–Crippen MR) is 67.0 cm³/mol. The summed E-state index contributed by atoms with van der Waals surface area (Å²) >= 11 is 0. The lowest BCUT2D eigenvalue weighted by atomic mass is 9.86. The third kappa shape index (κ3) is 2.40. The highest BCUT2D eigenvalue weighted by Crippen LogP contribution is 2.29. The second-order valence-corrected chi connectivity index (χ2v) is 6.35. The first-order chi connectivity index (χ1) is 7.16. The lowest BCUT2D eigenvalue weighted by Gasteiger charge is -2.37. The van der Waals surface area contributed by atoms with Crippen LogP contribution >= 0.6 is 0 Å². The standard InChI is InChI=1S/C13H26N2O/c1-8(2)11-12(16)15(10(4)14-11)9(3)13(5,6)7/h8-11,14H,1-7H3. The number of hydrogen-bond donors (Lipinski definition) is 1. The van der Waals surface area contributed by atoms with Crippen molar-refractivity contribution in [3.63, 3.8) is 0 Å². The Hall–Kier alpha value is -0.570. The molecule has 0 bridgehead atoms. The van der Waals surface area contributed by atoms with Crippen LogP contribution in [-0.2, 0) is 4.79 Å². The molecule has 1 rings (SSSR count). The van der Waals surface area contributed by atoms with Gasteiger partial charge >= 0.3 is 0 Å². The zero-order valence-electron chi connectivity index (χ0n) is 11.7. The van der Waals surface area contributed by atoms with Gasteiger partial charge in [-0.05, 0) is 25.2 Å². The Bertz CT molecular complexity index is 268. The molecule has 1 heterocycles. The van der Waals surface area contributed by atoms with Gasteiger partial charge in [-0.1, -0.05) is 34.6 Å². The van der Waals surface area contributed by atoms with Crippen molar-refractivity contribution >= 4 is 5.91 Å². The number of carbonyl (C=O) groups excluding carboxylic acids is 1. The Kier molecular flexibility index (Phi) is 3.68. The van der Waals surface area contributed by atoms with Crippen molar-refractivity contribution in [2.45, 2.75) is 66.7 Å². The van der Waals surface area contributed by atoms with Gasteiger partial charge in [-0.3, -0.25) is 10.1 Å². The van der Waals surface area contributed by atoms with Crippen LogP contribution in [0.4, 0.5) is 0 Å². The Morgan fingerprint density at radius 2 is 1.75 bits per heavy atom. The van der Waals surface area contributed by atoms with E-state index in [1.807, 2.05) is 4.90 Å². The average molecular weight is 226 g/mol. The highest BCUT2D eigenvalue weighted by Gasteiger charge is 2.43. The summed E-state index contributed by atoms with van der Waals surface area (Å²) in [6.07, 6.45) is 0.147. The maximum atomic E-state index is 12.3. The van der Waals surface area contributed by atoms with E-state index in [2.05, 4.69) is 53.8 Å². The molecular formula is C13H26N2O. The van der Waals surface area contributed by atoms with E-state index >= 15 is 0 Å². The highest BCUT2D eigenvalue weighted by atomic mass is 16.2. The first kappa shape index (κ1) is 13.5. The topological polar surface area (TPSA) is 32.3 Å². The van der Waals surface area contributed by atoms with Gasteiger partial charge in [-0.2, -0.15) is 0 Å². The van der Waals surface area contributed by atoms with Crippen molar-refractivity contribution < 1.29 is 4.79 Å². The molecule has 16 heavy (non-hydrogen) atoms. The molecule has 0 aliphatic carbocycles. The van der Waals surface area contributed by atoms with Crippen LogP contribution in [0.2, 0.25) is 0 Å². The first-order valence-electron chi connectivity index (χ1n) is 6.24. The maximum Gasteiger partial charge on any atom is 0.241 e. The van der Waals surface area contributed by atoms with Gasteiger partial charge in [0.25, 0.3) is 0 Å². The molecule has 1 saturated heterocycles. The van der Waals surface area contributed by atoms with Gasteiger partial charge in [-0.15, -0.1) is 0 Å². The molecule has 0 aromatic rings. The Balaban J connectivity index is 2.87. The summed E-state index contributed by atoms with van der Waals surface area (Å²) in [4.78, 5) is 14.3. The van der Waals surface area contributed by atoms with Crippen LogP contribution in [0.3, 0.4) is 0 Å². The smallest absolute Gasteiger partial charge is 0.241 e. The summed E-state index contributed by atoms with van der Waals surface area (Å²) in [6, 6.07) is 0.242. The molecule has 1 fully saturated rings. The van der Waals surface area contributed by atoms with Gasteiger partial charge in [0.15, 0.2) is 0 Å². The summed E-state index contributed by atoms with van der Waals surface area (Å²) in [5.74, 6) is 0.608. The summed E-state index contributed by atoms with van der Waals surface area (Å²) in [5, 5.41) is 3.38. The lowest BCUT2D eigenvalue weighted by Crippen LogP contribution is -2.47. The summed E-state index contributed by atoms with van der Waals surface area (Å²) in [7, 11) is 0. The monoisotopic (exact) mass is 226 g/mol. The van der Waals surface area contributed by atoms with Crippen molar-refractivity contribution in [1.82, 2.24) is 10.2 Å². The molecule has 1 N–H and O–H groups in total. The quantitative estimate of drug-likeness (QED) is 0.783. The third-order valence-electron chi connectivity index (χ3n) is 3.70. The maximum absolute atomic E-state index is 12.3. The van der Waals surface area contributed by atoms with E-state index in [0.29, 0.717) is 5.92 Å². The SMILES string of the molecule is CC(C)C1NC(C)N(C(C)C(C)(C)C)C1=O. The van der Waals surface area contributed by atoms with Gasteiger partial charge in [0, 0.05) is 6.04 Å². The van der Waals surface area contributed by atoms with E-state index < -0.39 is 0 Å². The van der Waals surface area contributed by atoms with Crippen LogP contribution in [0.1, 0.15) is 48.5 Å². The fraction of sp³-hybridized carbons (Fsp3) is 0.923. The van der Waals surface area contributed by atoms with Crippen molar-refractivity contribution in [1.29, 1.82) is 0 Å². The van der Waals surface area contributed by atoms with Crippen molar-refractivity contribution in [2.24, 2.45) is 11.3 Å². The predicted octanol–water partition coefficient (Wildman–Crippen LogP) is 2.22. The van der Waals surface area contributed by atoms with Gasteiger partial charge in [0.05, 0.1) is 12.2 Å². The molecule has 3 unspecified atom stereocenters. The molecular weight excluding hydrogens is 200 g/mol. The molecule has 0 spiro atoms. The van der Waals surface area contributed by atoms with E-state index in [9.17, 15) is 4.79 Å². The molecule has 3 heteroatoms. The van der Waals surface area contributed by atoms with Gasteiger partial charge in [0.1, 0.15) is 0 Å². The lowest BCUT2D eigenvalue weighted by molar-refractivity contribution is -0.134. The molecule has 1 amide bonds. The van der Waals surface area contributed by atoms with Gasteiger partial charge in [0.2, 0.25) is 5.91 Å². The van der Waals surface area contributed by atoms with Crippen LogP contribution in [-0.4, -0.2) is 29.1 Å². The largest absolute Gasteiger partial charge is 0.323 e. The van der Waals surface area contributed by atoms with E-state index in [-0.39, 0.29) is 29.6 Å². The molecule has 0 aromatic heterocycles. The Morgan fingerprint density at radius 1 is 1.25 bits per heavy atom. The minimum atomic E-state index is -0.0141. The number of amides is 1. The third-order valence-corrected chi connectivity index (χ3v) is 3.70. The zero-order valence-corrected chi connectivity index (χ0v) is 11.7. The minimum Gasteiger partial charge on any atom is -0.323 e. The van der Waals surface area contributed by atoms with Crippen LogP contribution < -0.4 is 5.32 Å². The van der Waals surface area contributed by atoms with Crippen LogP contribution in [0.15, 0.2) is 0 Å². The summed E-state index contributed by atoms with van der Waals surface area (Å²) < 4.78 is 0. The first-order valence-corrected chi connectivity index (χ1v) is 6.24. The second-order valence-electron chi connectivity index (χ2n) is 6.35. The van der Waals surface area contributed by atoms with Crippen molar-refractivity contribution in [3.8, 4) is 0 Å². The van der Waals surface area contributed by atoms with E-state index in [4.69, 9.17) is 0 Å². The van der Waals surface area contributed by atoms with Crippen LogP contribution in [0.5, 0.6) is 0 Å². The summed E-state index contributed by atoms with van der Waals surface area (Å²) in [5.41, 5.74) is 0.122. The highest BCUT2D eigenvalue weighted by molar-refractivity contribution is 5.84. The molecule has 0 radical (unpaired) electrons. The van der Waals surface area contributed by atoms with E-state index in [1.165, 1.54) is 0 Å². The number of nitrogens with one attached hydrogen (secondary N) is 1. The fourth-order valence-electron chi connectivity index (χ4n) is 2.18. The van der Waals surface area contributed by atoms with Gasteiger partial charge < -0.3 is 4.90 Å². The summed E-state index contributed by atoms with van der Waals surface area (Å²) in [6.45, 7) is 14.9. The number of carbonyl (C=O) groups is 1. The normalized spacial score (nSPS) is 29.0. The van der Waals surface area contributed by atoms with E-state index in [1.54, 1.807) is 0 Å². The molecule has 1 aliphatic heterocycles. The van der Waals surface area contributed by atoms with Crippen molar-refractivity contribution in [3.05, 3.63) is 0 Å². The Labute approximate surface area is 99.6 Å². The number of nitrogens with zero attached hydrogens (tertiary/aromatic N) is 1. The van der Waals surface area contributed by atoms with Crippen molar-refractivity contribution in [2.75, 3.05) is 0 Å². The Morgan fingerprint density at radius 3 is 2.06 bits per heavy atom. The van der Waals surface area contributed by atoms with Crippen LogP contribution in [0.25, 0.3) is 0 Å². The van der Waals surface area contributed by atoms with Crippen LogP contribution in [0, 0.1) is 11.3 Å². The minimum absolute atomic E-state index is 0.0141. The number of hydrogen-bond acceptors (Lipinski definition) is 2. The van der Waals surface area contributed by atoms with Gasteiger partial charge in [-0.25, -0.2) is 0 Å². The zero-order chi connectivity index (χ0) is 12.7. The fourth-order valence-corrected chi connectivity index (χ4v) is 2.18. The second kappa shape index (κ2) is 4.36. The molecule has 94 valence electrons.